The van der Waals surface area contributed by atoms with Crippen LogP contribution in [0, 0.1) is 0 Å². The first-order chi connectivity index (χ1) is 16.6. The summed E-state index contributed by atoms with van der Waals surface area (Å²) < 4.78 is 5.69. The molecule has 174 valence electrons. The van der Waals surface area contributed by atoms with Gasteiger partial charge in [0.05, 0.1) is 12.0 Å². The highest BCUT2D eigenvalue weighted by atomic mass is 32.2. The van der Waals surface area contributed by atoms with Gasteiger partial charge in [-0.25, -0.2) is 0 Å². The second-order valence-corrected chi connectivity index (χ2v) is 11.3. The first kappa shape index (κ1) is 21.8. The Morgan fingerprint density at radius 1 is 0.971 bits per heavy atom. The maximum atomic E-state index is 5.69. The predicted molar refractivity (Wildman–Crippen MR) is 141 cm³/mol. The second kappa shape index (κ2) is 8.51. The zero-order valence-corrected chi connectivity index (χ0v) is 20.8. The van der Waals surface area contributed by atoms with E-state index in [1.165, 1.54) is 26.9 Å². The van der Waals surface area contributed by atoms with Gasteiger partial charge in [-0.1, -0.05) is 60.7 Å². The fourth-order valence-electron chi connectivity index (χ4n) is 6.43. The minimum Gasteiger partial charge on any atom is -0.499 e. The number of nitrogens with zero attached hydrogens (tertiary/aromatic N) is 1. The third-order valence-corrected chi connectivity index (χ3v) is 9.61. The lowest BCUT2D eigenvalue weighted by Crippen LogP contribution is -2.55. The van der Waals surface area contributed by atoms with Gasteiger partial charge in [0.25, 0.3) is 0 Å². The number of benzene rings is 2. The van der Waals surface area contributed by atoms with Crippen molar-refractivity contribution in [3.63, 3.8) is 0 Å². The van der Waals surface area contributed by atoms with Crippen molar-refractivity contribution < 1.29 is 4.74 Å². The second-order valence-electron chi connectivity index (χ2n) is 10.0. The summed E-state index contributed by atoms with van der Waals surface area (Å²) >= 11 is 2.05. The van der Waals surface area contributed by atoms with Crippen LogP contribution in [-0.2, 0) is 22.1 Å². The van der Waals surface area contributed by atoms with E-state index in [0.717, 1.165) is 37.6 Å². The fraction of sp³-hybridized carbons (Fsp3) is 0.333. The van der Waals surface area contributed by atoms with E-state index in [-0.39, 0.29) is 11.0 Å². The number of hydrogen-bond acceptors (Lipinski definition) is 3. The zero-order chi connectivity index (χ0) is 23.2. The van der Waals surface area contributed by atoms with Gasteiger partial charge in [0, 0.05) is 32.9 Å². The number of H-pyrrole nitrogens is 1. The average Bonchev–Trinajstić information content (AvgIpc) is 3.26. The van der Waals surface area contributed by atoms with Gasteiger partial charge in [0.15, 0.2) is 0 Å². The van der Waals surface area contributed by atoms with Gasteiger partial charge < -0.3 is 9.72 Å². The predicted octanol–water partition coefficient (Wildman–Crippen LogP) is 4.72. The Bertz CT molecular complexity index is 1330. The van der Waals surface area contributed by atoms with Crippen LogP contribution in [0.5, 0.6) is 0 Å². The molecule has 0 radical (unpaired) electrons. The quantitative estimate of drug-likeness (QED) is 0.601. The van der Waals surface area contributed by atoms with Crippen molar-refractivity contribution in [3.8, 4) is 0 Å². The van der Waals surface area contributed by atoms with E-state index in [2.05, 4.69) is 115 Å². The minimum atomic E-state index is -0.00581. The zero-order valence-electron chi connectivity index (χ0n) is 20.0. The highest BCUT2D eigenvalue weighted by Crippen LogP contribution is 2.55. The molecular formula is C30H32N2OS. The normalized spacial score (nSPS) is 27.4. The summed E-state index contributed by atoms with van der Waals surface area (Å²) in [5.41, 5.74) is 4.40. The van der Waals surface area contributed by atoms with E-state index < -0.39 is 0 Å². The molecule has 1 saturated carbocycles. The topological polar surface area (TPSA) is 28.3 Å². The van der Waals surface area contributed by atoms with E-state index in [0.29, 0.717) is 5.25 Å². The van der Waals surface area contributed by atoms with E-state index >= 15 is 0 Å². The van der Waals surface area contributed by atoms with Crippen LogP contribution in [0.25, 0.3) is 12.3 Å². The number of aromatic nitrogens is 1. The lowest BCUT2D eigenvalue weighted by atomic mass is 9.60. The molecule has 6 rings (SSSR count). The Labute approximate surface area is 206 Å². The van der Waals surface area contributed by atoms with E-state index in [1.54, 1.807) is 0 Å². The van der Waals surface area contributed by atoms with E-state index in [9.17, 15) is 0 Å². The summed E-state index contributed by atoms with van der Waals surface area (Å²) in [5.74, 6) is 0. The summed E-state index contributed by atoms with van der Waals surface area (Å²) in [4.78, 5) is 7.50. The van der Waals surface area contributed by atoms with Crippen molar-refractivity contribution in [1.82, 2.24) is 9.88 Å². The number of rotatable bonds is 4. The molecule has 34 heavy (non-hydrogen) atoms. The molecule has 2 aromatic carbocycles. The van der Waals surface area contributed by atoms with Gasteiger partial charge in [0.1, 0.15) is 6.26 Å². The first-order valence-corrected chi connectivity index (χ1v) is 13.2. The lowest BCUT2D eigenvalue weighted by Gasteiger charge is -2.54. The molecular weight excluding hydrogens is 436 g/mol. The molecule has 0 bridgehead atoms. The average molecular weight is 469 g/mol. The van der Waals surface area contributed by atoms with Crippen LogP contribution in [0.3, 0.4) is 0 Å². The van der Waals surface area contributed by atoms with Gasteiger partial charge in [0.2, 0.25) is 0 Å². The minimum absolute atomic E-state index is 0.00581. The Morgan fingerprint density at radius 3 is 2.50 bits per heavy atom. The smallest absolute Gasteiger partial charge is 0.107 e. The molecule has 1 aliphatic heterocycles. The molecule has 3 aromatic rings. The van der Waals surface area contributed by atoms with Crippen LogP contribution in [0.15, 0.2) is 77.7 Å². The third-order valence-electron chi connectivity index (χ3n) is 8.20. The summed E-state index contributed by atoms with van der Waals surface area (Å²) in [6.45, 7) is 0.763. The maximum absolute atomic E-state index is 5.69. The summed E-state index contributed by atoms with van der Waals surface area (Å²) in [6.07, 6.45) is 13.3. The standard InChI is InChI=1S/C30H32N2OS/c1-32(2)30(22-10-5-3-6-11-22)18-17-29(27(20-30)34-23-12-7-4-8-13-23)16-9-14-25-28(29)24-15-19-33-21-26(24)31-25/h3-14,16,21,27,31H,15,17-20H2,1-2H3. The SMILES string of the molecule is CN(C)C1(c2ccccc2)CCC2(C=CC=c3[nH]c4c(c32)CCOC=4)C(Sc2ccccc2)C1. The number of thioether (sulfide) groups is 1. The molecule has 3 aliphatic rings. The summed E-state index contributed by atoms with van der Waals surface area (Å²) in [5, 5.41) is 2.83. The van der Waals surface area contributed by atoms with Crippen LogP contribution in [-0.4, -0.2) is 35.8 Å². The summed E-state index contributed by atoms with van der Waals surface area (Å²) in [7, 11) is 4.52. The van der Waals surface area contributed by atoms with E-state index in [1.807, 2.05) is 6.26 Å². The van der Waals surface area contributed by atoms with Crippen LogP contribution in [0.1, 0.15) is 36.0 Å². The van der Waals surface area contributed by atoms with Crippen molar-refractivity contribution in [3.05, 3.63) is 100 Å². The molecule has 1 spiro atoms. The molecule has 3 nitrogen and oxygen atoms in total. The fourth-order valence-corrected chi connectivity index (χ4v) is 7.95. The van der Waals surface area contributed by atoms with E-state index in [4.69, 9.17) is 4.74 Å². The van der Waals surface area contributed by atoms with Crippen LogP contribution < -0.4 is 10.7 Å². The molecule has 2 heterocycles. The number of aromatic amines is 1. The Morgan fingerprint density at radius 2 is 1.74 bits per heavy atom. The number of nitrogens with one attached hydrogen (secondary N) is 1. The molecule has 1 aromatic heterocycles. The van der Waals surface area contributed by atoms with Crippen molar-refractivity contribution in [1.29, 1.82) is 0 Å². The molecule has 3 atom stereocenters. The first-order valence-electron chi connectivity index (χ1n) is 12.3. The van der Waals surface area contributed by atoms with Crippen molar-refractivity contribution in [2.75, 3.05) is 20.7 Å². The largest absolute Gasteiger partial charge is 0.499 e. The van der Waals surface area contributed by atoms with Crippen LogP contribution in [0.2, 0.25) is 0 Å². The van der Waals surface area contributed by atoms with Gasteiger partial charge in [-0.3, -0.25) is 4.90 Å². The van der Waals surface area contributed by atoms with Crippen molar-refractivity contribution >= 4 is 24.1 Å². The summed E-state index contributed by atoms with van der Waals surface area (Å²) in [6, 6.07) is 22.1. The molecule has 1 N–H and O–H groups in total. The molecule has 1 fully saturated rings. The Kier molecular flexibility index (Phi) is 5.46. The van der Waals surface area contributed by atoms with Gasteiger partial charge >= 0.3 is 0 Å². The highest BCUT2D eigenvalue weighted by molar-refractivity contribution is 8.00. The number of fused-ring (bicyclic) bond motifs is 4. The van der Waals surface area contributed by atoms with Crippen LogP contribution >= 0.6 is 11.8 Å². The number of allylic oxidation sites excluding steroid dienone is 2. The monoisotopic (exact) mass is 468 g/mol. The molecule has 2 aliphatic carbocycles. The Hall–Kier alpha value is -2.69. The van der Waals surface area contributed by atoms with Crippen LogP contribution in [0.4, 0.5) is 0 Å². The number of ether oxygens (including phenoxy) is 1. The molecule has 4 heteroatoms. The maximum Gasteiger partial charge on any atom is 0.107 e. The molecule has 0 amide bonds. The lowest BCUT2D eigenvalue weighted by molar-refractivity contribution is 0.0801. The Balaban J connectivity index is 1.52. The molecule has 3 unspecified atom stereocenters. The third kappa shape index (κ3) is 3.38. The molecule has 0 saturated heterocycles. The van der Waals surface area contributed by atoms with Gasteiger partial charge in [-0.2, -0.15) is 0 Å². The van der Waals surface area contributed by atoms with Crippen molar-refractivity contribution in [2.24, 2.45) is 0 Å². The highest BCUT2D eigenvalue weighted by Gasteiger charge is 2.52. The van der Waals surface area contributed by atoms with Gasteiger partial charge in [-0.15, -0.1) is 11.8 Å². The van der Waals surface area contributed by atoms with Gasteiger partial charge in [-0.05, 0) is 68.3 Å². The van der Waals surface area contributed by atoms with Crippen molar-refractivity contribution in [2.45, 2.75) is 46.8 Å². The number of hydrogen-bond donors (Lipinski definition) is 1.